The van der Waals surface area contributed by atoms with Gasteiger partial charge in [-0.2, -0.15) is 10.1 Å². The Morgan fingerprint density at radius 1 is 1.65 bits per heavy atom. The van der Waals surface area contributed by atoms with Crippen molar-refractivity contribution in [3.05, 3.63) is 23.8 Å². The zero-order valence-corrected chi connectivity index (χ0v) is 9.60. The number of hydrogen-bond acceptors (Lipinski definition) is 5. The van der Waals surface area contributed by atoms with Gasteiger partial charge in [-0.25, -0.2) is 0 Å². The number of nitrogen functional groups attached to an aromatic ring is 1. The van der Waals surface area contributed by atoms with Crippen molar-refractivity contribution in [3.8, 4) is 0 Å². The lowest BCUT2D eigenvalue weighted by molar-refractivity contribution is 0.101. The van der Waals surface area contributed by atoms with Crippen LogP contribution in [-0.4, -0.2) is 20.7 Å². The summed E-state index contributed by atoms with van der Waals surface area (Å²) in [5, 5.41) is 6.51. The van der Waals surface area contributed by atoms with Crippen molar-refractivity contribution in [1.82, 2.24) is 14.8 Å². The predicted molar refractivity (Wildman–Crippen MR) is 61.5 cm³/mol. The summed E-state index contributed by atoms with van der Waals surface area (Å²) in [7, 11) is 0. The number of hydrogen-bond donors (Lipinski definition) is 2. The maximum atomic E-state index is 11.9. The van der Waals surface area contributed by atoms with Gasteiger partial charge >= 0.3 is 6.01 Å². The van der Waals surface area contributed by atoms with E-state index in [1.807, 2.05) is 6.92 Å². The van der Waals surface area contributed by atoms with Crippen molar-refractivity contribution in [2.75, 3.05) is 11.1 Å². The number of nitrogens with zero attached hydrogens (tertiary/aromatic N) is 3. The van der Waals surface area contributed by atoms with E-state index < -0.39 is 0 Å². The van der Waals surface area contributed by atoms with Gasteiger partial charge in [0.1, 0.15) is 12.0 Å². The van der Waals surface area contributed by atoms with E-state index >= 15 is 0 Å². The Balaban J connectivity index is 2.22. The summed E-state index contributed by atoms with van der Waals surface area (Å²) < 4.78 is 6.55. The van der Waals surface area contributed by atoms with Crippen molar-refractivity contribution in [2.24, 2.45) is 0 Å². The van der Waals surface area contributed by atoms with Crippen LogP contribution >= 0.6 is 0 Å². The Hall–Kier alpha value is -2.31. The second kappa shape index (κ2) is 4.28. The van der Waals surface area contributed by atoms with E-state index in [0.717, 1.165) is 0 Å². The summed E-state index contributed by atoms with van der Waals surface area (Å²) in [5.74, 6) is -0.385. The van der Waals surface area contributed by atoms with Crippen LogP contribution in [0.3, 0.4) is 0 Å². The van der Waals surface area contributed by atoms with Crippen molar-refractivity contribution in [3.63, 3.8) is 0 Å². The molecule has 0 aromatic carbocycles. The summed E-state index contributed by atoms with van der Waals surface area (Å²) >= 11 is 0. The second-order valence-electron chi connectivity index (χ2n) is 3.51. The van der Waals surface area contributed by atoms with E-state index in [1.165, 1.54) is 17.1 Å². The lowest BCUT2D eigenvalue weighted by atomic mass is 10.3. The standard InChI is InChI=1S/C10H13N5O2/c1-3-15-8(7(11)4-12-15)9(16)14-10-13-6(2)5-17-10/h4-5H,3,11H2,1-2H3,(H,13,14,16). The van der Waals surface area contributed by atoms with Crippen molar-refractivity contribution in [1.29, 1.82) is 0 Å². The third kappa shape index (κ3) is 2.12. The van der Waals surface area contributed by atoms with E-state index in [4.69, 9.17) is 10.2 Å². The molecule has 2 aromatic heterocycles. The fourth-order valence-electron chi connectivity index (χ4n) is 1.46. The fraction of sp³-hybridized carbons (Fsp3) is 0.300. The van der Waals surface area contributed by atoms with Crippen LogP contribution in [0, 0.1) is 6.92 Å². The fourth-order valence-corrected chi connectivity index (χ4v) is 1.46. The SMILES string of the molecule is CCn1ncc(N)c1C(=O)Nc1nc(C)co1. The molecule has 1 amide bonds. The maximum absolute atomic E-state index is 11.9. The normalized spacial score (nSPS) is 10.5. The van der Waals surface area contributed by atoms with E-state index in [-0.39, 0.29) is 11.9 Å². The van der Waals surface area contributed by atoms with Gasteiger partial charge in [-0.15, -0.1) is 0 Å². The van der Waals surface area contributed by atoms with E-state index in [9.17, 15) is 4.79 Å². The van der Waals surface area contributed by atoms with Gasteiger partial charge in [-0.1, -0.05) is 0 Å². The Bertz CT molecular complexity index is 543. The molecule has 17 heavy (non-hydrogen) atoms. The van der Waals surface area contributed by atoms with Crippen LogP contribution in [0.4, 0.5) is 11.7 Å². The lowest BCUT2D eigenvalue weighted by Crippen LogP contribution is -2.19. The van der Waals surface area contributed by atoms with Gasteiger partial charge in [0.15, 0.2) is 0 Å². The van der Waals surface area contributed by atoms with Gasteiger partial charge < -0.3 is 10.2 Å². The minimum atomic E-state index is -0.385. The topological polar surface area (TPSA) is 99.0 Å². The van der Waals surface area contributed by atoms with Crippen molar-refractivity contribution < 1.29 is 9.21 Å². The molecule has 0 fully saturated rings. The highest BCUT2D eigenvalue weighted by atomic mass is 16.4. The number of nitrogens with one attached hydrogen (secondary N) is 1. The molecule has 2 rings (SSSR count). The first-order chi connectivity index (χ1) is 8.11. The van der Waals surface area contributed by atoms with E-state index in [0.29, 0.717) is 23.6 Å². The number of oxazole rings is 1. The van der Waals surface area contributed by atoms with Crippen LogP contribution in [0.25, 0.3) is 0 Å². The molecular formula is C10H13N5O2. The first-order valence-corrected chi connectivity index (χ1v) is 5.16. The predicted octanol–water partition coefficient (Wildman–Crippen LogP) is 1.03. The smallest absolute Gasteiger partial charge is 0.301 e. The number of anilines is 2. The van der Waals surface area contributed by atoms with Gasteiger partial charge in [0.2, 0.25) is 0 Å². The van der Waals surface area contributed by atoms with Crippen LogP contribution in [0.15, 0.2) is 16.9 Å². The average molecular weight is 235 g/mol. The third-order valence-electron chi connectivity index (χ3n) is 2.22. The summed E-state index contributed by atoms with van der Waals surface area (Å²) in [6, 6.07) is 0.149. The molecule has 0 aliphatic carbocycles. The Morgan fingerprint density at radius 2 is 2.41 bits per heavy atom. The largest absolute Gasteiger partial charge is 0.432 e. The monoisotopic (exact) mass is 235 g/mol. The molecule has 0 aliphatic heterocycles. The highest BCUT2D eigenvalue weighted by molar-refractivity contribution is 6.05. The first kappa shape index (κ1) is 11.2. The summed E-state index contributed by atoms with van der Waals surface area (Å²) in [4.78, 5) is 15.9. The number of rotatable bonds is 3. The van der Waals surface area contributed by atoms with Crippen LogP contribution in [0.2, 0.25) is 0 Å². The van der Waals surface area contributed by atoms with Crippen molar-refractivity contribution in [2.45, 2.75) is 20.4 Å². The molecule has 0 spiro atoms. The molecular weight excluding hydrogens is 222 g/mol. The van der Waals surface area contributed by atoms with Crippen LogP contribution < -0.4 is 11.1 Å². The van der Waals surface area contributed by atoms with Crippen LogP contribution in [0.1, 0.15) is 23.1 Å². The van der Waals surface area contributed by atoms with Crippen LogP contribution in [-0.2, 0) is 6.54 Å². The quantitative estimate of drug-likeness (QED) is 0.827. The maximum Gasteiger partial charge on any atom is 0.301 e. The van der Waals surface area contributed by atoms with E-state index in [2.05, 4.69) is 15.4 Å². The van der Waals surface area contributed by atoms with Crippen molar-refractivity contribution >= 4 is 17.6 Å². The summed E-state index contributed by atoms with van der Waals surface area (Å²) in [5.41, 5.74) is 7.01. The molecule has 2 aromatic rings. The Labute approximate surface area is 97.6 Å². The summed E-state index contributed by atoms with van der Waals surface area (Å²) in [6.45, 7) is 4.20. The molecule has 7 nitrogen and oxygen atoms in total. The molecule has 2 heterocycles. The number of aromatic nitrogens is 3. The van der Waals surface area contributed by atoms with Crippen LogP contribution in [0.5, 0.6) is 0 Å². The lowest BCUT2D eigenvalue weighted by Gasteiger charge is -2.04. The zero-order chi connectivity index (χ0) is 12.4. The molecule has 0 saturated carbocycles. The molecule has 0 radical (unpaired) electrons. The molecule has 0 unspecified atom stereocenters. The first-order valence-electron chi connectivity index (χ1n) is 5.16. The Kier molecular flexibility index (Phi) is 2.82. The van der Waals surface area contributed by atoms with Gasteiger partial charge in [-0.3, -0.25) is 14.8 Å². The van der Waals surface area contributed by atoms with Gasteiger partial charge in [0.25, 0.3) is 5.91 Å². The highest BCUT2D eigenvalue weighted by Crippen LogP contribution is 2.14. The minimum Gasteiger partial charge on any atom is -0.432 e. The number of aryl methyl sites for hydroxylation is 2. The van der Waals surface area contributed by atoms with Gasteiger partial charge in [-0.05, 0) is 13.8 Å². The minimum absolute atomic E-state index is 0.149. The summed E-state index contributed by atoms with van der Waals surface area (Å²) in [6.07, 6.45) is 2.90. The second-order valence-corrected chi connectivity index (χ2v) is 3.51. The molecule has 0 aliphatic rings. The number of amides is 1. The van der Waals surface area contributed by atoms with Gasteiger partial charge in [0.05, 0.1) is 17.6 Å². The number of carbonyl (C=O) groups excluding carboxylic acids is 1. The average Bonchev–Trinajstić information content (AvgIpc) is 2.84. The molecule has 0 atom stereocenters. The molecule has 3 N–H and O–H groups in total. The zero-order valence-electron chi connectivity index (χ0n) is 9.60. The molecule has 0 saturated heterocycles. The number of nitrogens with two attached hydrogens (primary N) is 1. The van der Waals surface area contributed by atoms with Gasteiger partial charge in [0, 0.05) is 6.54 Å². The Morgan fingerprint density at radius 3 is 3.00 bits per heavy atom. The highest BCUT2D eigenvalue weighted by Gasteiger charge is 2.17. The molecule has 7 heteroatoms. The number of carbonyl (C=O) groups is 1. The third-order valence-corrected chi connectivity index (χ3v) is 2.22. The molecule has 90 valence electrons. The molecule has 0 bridgehead atoms. The van der Waals surface area contributed by atoms with E-state index in [1.54, 1.807) is 6.92 Å².